The van der Waals surface area contributed by atoms with Crippen LogP contribution in [0, 0.1) is 5.82 Å². The van der Waals surface area contributed by atoms with E-state index in [1.807, 2.05) is 0 Å². The second kappa shape index (κ2) is 7.12. The Morgan fingerprint density at radius 1 is 1.17 bits per heavy atom. The normalized spacial score (nSPS) is 13.7. The Morgan fingerprint density at radius 2 is 1.92 bits per heavy atom. The SMILES string of the molecule is O=C(NCCc1ccccc1F)c1ccc(N2CCOC2=O)cc1. The summed E-state index contributed by atoms with van der Waals surface area (Å²) in [4.78, 5) is 25.1. The molecule has 0 aliphatic carbocycles. The largest absolute Gasteiger partial charge is 0.447 e. The van der Waals surface area contributed by atoms with E-state index in [0.717, 1.165) is 0 Å². The Morgan fingerprint density at radius 3 is 2.58 bits per heavy atom. The van der Waals surface area contributed by atoms with E-state index in [2.05, 4.69) is 5.32 Å². The molecule has 0 aromatic heterocycles. The summed E-state index contributed by atoms with van der Waals surface area (Å²) in [5.41, 5.74) is 1.75. The van der Waals surface area contributed by atoms with E-state index in [1.165, 1.54) is 11.0 Å². The van der Waals surface area contributed by atoms with Gasteiger partial charge in [-0.3, -0.25) is 9.69 Å². The van der Waals surface area contributed by atoms with Gasteiger partial charge in [0.25, 0.3) is 5.91 Å². The Labute approximate surface area is 139 Å². The molecule has 1 saturated heterocycles. The van der Waals surface area contributed by atoms with Crippen molar-refractivity contribution in [2.75, 3.05) is 24.6 Å². The maximum atomic E-state index is 13.5. The molecule has 124 valence electrons. The molecule has 3 rings (SSSR count). The second-order valence-electron chi connectivity index (χ2n) is 5.41. The number of amides is 2. The van der Waals surface area contributed by atoms with E-state index in [9.17, 15) is 14.0 Å². The number of halogens is 1. The number of cyclic esters (lactones) is 1. The minimum Gasteiger partial charge on any atom is -0.447 e. The van der Waals surface area contributed by atoms with Crippen LogP contribution in [0.3, 0.4) is 0 Å². The highest BCUT2D eigenvalue weighted by atomic mass is 19.1. The van der Waals surface area contributed by atoms with Crippen LogP contribution in [0.2, 0.25) is 0 Å². The Bertz CT molecular complexity index is 746. The summed E-state index contributed by atoms with van der Waals surface area (Å²) < 4.78 is 18.4. The lowest BCUT2D eigenvalue weighted by molar-refractivity contribution is 0.0954. The monoisotopic (exact) mass is 328 g/mol. The summed E-state index contributed by atoms with van der Waals surface area (Å²) in [6, 6.07) is 13.2. The minimum atomic E-state index is -0.378. The molecule has 0 unspecified atom stereocenters. The van der Waals surface area contributed by atoms with Crippen molar-refractivity contribution in [3.8, 4) is 0 Å². The fraction of sp³-hybridized carbons (Fsp3) is 0.222. The average Bonchev–Trinajstić information content (AvgIpc) is 3.03. The van der Waals surface area contributed by atoms with Crippen LogP contribution in [-0.2, 0) is 11.2 Å². The first-order valence-corrected chi connectivity index (χ1v) is 7.71. The van der Waals surface area contributed by atoms with Gasteiger partial charge in [0, 0.05) is 17.8 Å². The van der Waals surface area contributed by atoms with Crippen LogP contribution in [0.25, 0.3) is 0 Å². The third kappa shape index (κ3) is 3.53. The van der Waals surface area contributed by atoms with E-state index in [0.29, 0.717) is 42.9 Å². The summed E-state index contributed by atoms with van der Waals surface area (Å²) in [7, 11) is 0. The van der Waals surface area contributed by atoms with E-state index < -0.39 is 0 Å². The summed E-state index contributed by atoms with van der Waals surface area (Å²) >= 11 is 0. The van der Waals surface area contributed by atoms with E-state index in [1.54, 1.807) is 42.5 Å². The van der Waals surface area contributed by atoms with Crippen molar-refractivity contribution in [2.24, 2.45) is 0 Å². The molecule has 0 spiro atoms. The van der Waals surface area contributed by atoms with Crippen LogP contribution >= 0.6 is 0 Å². The zero-order valence-corrected chi connectivity index (χ0v) is 13.0. The van der Waals surface area contributed by atoms with Gasteiger partial charge in [-0.2, -0.15) is 0 Å². The molecule has 2 aromatic rings. The molecule has 0 atom stereocenters. The number of carbonyl (C=O) groups excluding carboxylic acids is 2. The van der Waals surface area contributed by atoms with Crippen molar-refractivity contribution in [3.05, 3.63) is 65.5 Å². The standard InChI is InChI=1S/C18H17FN2O3/c19-16-4-2-1-3-13(16)9-10-20-17(22)14-5-7-15(8-6-14)21-11-12-24-18(21)23/h1-8H,9-12H2,(H,20,22). The number of anilines is 1. The number of carbonyl (C=O) groups is 2. The first kappa shape index (κ1) is 16.0. The van der Waals surface area contributed by atoms with Gasteiger partial charge in [-0.1, -0.05) is 18.2 Å². The fourth-order valence-electron chi connectivity index (χ4n) is 2.53. The van der Waals surface area contributed by atoms with Crippen molar-refractivity contribution < 1.29 is 18.7 Å². The van der Waals surface area contributed by atoms with Crippen LogP contribution in [0.1, 0.15) is 15.9 Å². The van der Waals surface area contributed by atoms with Gasteiger partial charge in [0.05, 0.1) is 6.54 Å². The Balaban J connectivity index is 1.55. The highest BCUT2D eigenvalue weighted by Crippen LogP contribution is 2.19. The molecule has 2 aromatic carbocycles. The lowest BCUT2D eigenvalue weighted by atomic mass is 10.1. The number of nitrogens with one attached hydrogen (secondary N) is 1. The van der Waals surface area contributed by atoms with Gasteiger partial charge in [0.15, 0.2) is 0 Å². The molecule has 1 fully saturated rings. The van der Waals surface area contributed by atoms with Crippen molar-refractivity contribution in [3.63, 3.8) is 0 Å². The zero-order chi connectivity index (χ0) is 16.9. The number of hydrogen-bond donors (Lipinski definition) is 1. The van der Waals surface area contributed by atoms with Crippen molar-refractivity contribution in [2.45, 2.75) is 6.42 Å². The number of ether oxygens (including phenoxy) is 1. The van der Waals surface area contributed by atoms with Gasteiger partial charge in [-0.15, -0.1) is 0 Å². The van der Waals surface area contributed by atoms with E-state index >= 15 is 0 Å². The van der Waals surface area contributed by atoms with Crippen molar-refractivity contribution in [1.29, 1.82) is 0 Å². The summed E-state index contributed by atoms with van der Waals surface area (Å²) in [6.07, 6.45) is 0.0490. The second-order valence-corrected chi connectivity index (χ2v) is 5.41. The number of nitrogens with zero attached hydrogens (tertiary/aromatic N) is 1. The highest BCUT2D eigenvalue weighted by molar-refractivity contribution is 5.95. The lowest BCUT2D eigenvalue weighted by Gasteiger charge is -2.13. The molecule has 6 heteroatoms. The molecule has 1 aliphatic heterocycles. The highest BCUT2D eigenvalue weighted by Gasteiger charge is 2.23. The number of hydrogen-bond acceptors (Lipinski definition) is 3. The molecule has 0 saturated carbocycles. The molecule has 0 radical (unpaired) electrons. The number of rotatable bonds is 5. The smallest absolute Gasteiger partial charge is 0.414 e. The molecule has 0 bridgehead atoms. The molecular formula is C18H17FN2O3. The quantitative estimate of drug-likeness (QED) is 0.918. The molecular weight excluding hydrogens is 311 g/mol. The number of benzene rings is 2. The maximum absolute atomic E-state index is 13.5. The zero-order valence-electron chi connectivity index (χ0n) is 13.0. The van der Waals surface area contributed by atoms with E-state index in [4.69, 9.17) is 4.74 Å². The minimum absolute atomic E-state index is 0.234. The van der Waals surface area contributed by atoms with Crippen molar-refractivity contribution >= 4 is 17.7 Å². The van der Waals surface area contributed by atoms with E-state index in [-0.39, 0.29) is 17.8 Å². The van der Waals surface area contributed by atoms with Gasteiger partial charge in [0.1, 0.15) is 12.4 Å². The average molecular weight is 328 g/mol. The third-order valence-electron chi connectivity index (χ3n) is 3.84. The molecule has 24 heavy (non-hydrogen) atoms. The van der Waals surface area contributed by atoms with Gasteiger partial charge >= 0.3 is 6.09 Å². The summed E-state index contributed by atoms with van der Waals surface area (Å²) in [5, 5.41) is 2.76. The molecule has 1 heterocycles. The van der Waals surface area contributed by atoms with Gasteiger partial charge < -0.3 is 10.1 Å². The first-order valence-electron chi connectivity index (χ1n) is 7.71. The topological polar surface area (TPSA) is 58.6 Å². The lowest BCUT2D eigenvalue weighted by Crippen LogP contribution is -2.26. The Kier molecular flexibility index (Phi) is 4.74. The van der Waals surface area contributed by atoms with Gasteiger partial charge in [-0.05, 0) is 42.3 Å². The Hall–Kier alpha value is -2.89. The molecule has 1 N–H and O–H groups in total. The summed E-state index contributed by atoms with van der Waals surface area (Å²) in [5.74, 6) is -0.504. The molecule has 1 aliphatic rings. The maximum Gasteiger partial charge on any atom is 0.414 e. The van der Waals surface area contributed by atoms with Gasteiger partial charge in [-0.25, -0.2) is 9.18 Å². The fourth-order valence-corrected chi connectivity index (χ4v) is 2.53. The third-order valence-corrected chi connectivity index (χ3v) is 3.84. The van der Waals surface area contributed by atoms with Crippen LogP contribution < -0.4 is 10.2 Å². The summed E-state index contributed by atoms with van der Waals surface area (Å²) in [6.45, 7) is 1.23. The predicted molar refractivity (Wildman–Crippen MR) is 87.6 cm³/mol. The van der Waals surface area contributed by atoms with Crippen LogP contribution in [0.5, 0.6) is 0 Å². The van der Waals surface area contributed by atoms with Crippen molar-refractivity contribution in [1.82, 2.24) is 5.32 Å². The van der Waals surface area contributed by atoms with Crippen LogP contribution in [-0.4, -0.2) is 31.7 Å². The van der Waals surface area contributed by atoms with Crippen LogP contribution in [0.15, 0.2) is 48.5 Å². The van der Waals surface area contributed by atoms with Crippen LogP contribution in [0.4, 0.5) is 14.9 Å². The molecule has 2 amide bonds. The molecule has 5 nitrogen and oxygen atoms in total. The first-order chi connectivity index (χ1) is 11.6. The van der Waals surface area contributed by atoms with Gasteiger partial charge in [0.2, 0.25) is 0 Å². The predicted octanol–water partition coefficient (Wildman–Crippen LogP) is 2.75.